The van der Waals surface area contributed by atoms with E-state index in [-0.39, 0.29) is 47.0 Å². The Labute approximate surface area is 218 Å². The molecular formula is C26H33FN4O5S. The van der Waals surface area contributed by atoms with Crippen molar-refractivity contribution in [1.29, 1.82) is 0 Å². The zero-order valence-corrected chi connectivity index (χ0v) is 22.7. The van der Waals surface area contributed by atoms with Crippen LogP contribution in [0.4, 0.5) is 4.39 Å². The van der Waals surface area contributed by atoms with Crippen LogP contribution in [0.1, 0.15) is 61.8 Å². The number of carbonyl (C=O) groups excluding carboxylic acids is 2. The number of amides is 2. The zero-order chi connectivity index (χ0) is 27.2. The van der Waals surface area contributed by atoms with Crippen molar-refractivity contribution >= 4 is 34.1 Å². The van der Waals surface area contributed by atoms with Crippen molar-refractivity contribution in [3.8, 4) is 16.2 Å². The largest absolute Gasteiger partial charge is 0.487 e. The van der Waals surface area contributed by atoms with Gasteiger partial charge in [0.2, 0.25) is 5.91 Å². The fraction of sp³-hybridized carbons (Fsp3) is 0.500. The average Bonchev–Trinajstić information content (AvgIpc) is 3.51. The van der Waals surface area contributed by atoms with E-state index in [0.29, 0.717) is 40.1 Å². The first-order valence-corrected chi connectivity index (χ1v) is 13.1. The van der Waals surface area contributed by atoms with Crippen molar-refractivity contribution in [2.24, 2.45) is 7.05 Å². The van der Waals surface area contributed by atoms with Gasteiger partial charge in [-0.1, -0.05) is 6.92 Å². The summed E-state index contributed by atoms with van der Waals surface area (Å²) >= 11 is 1.14. The van der Waals surface area contributed by atoms with E-state index in [4.69, 9.17) is 4.74 Å². The van der Waals surface area contributed by atoms with E-state index in [9.17, 15) is 19.5 Å². The van der Waals surface area contributed by atoms with Gasteiger partial charge in [0.25, 0.3) is 11.5 Å². The molecule has 3 aromatic rings. The van der Waals surface area contributed by atoms with Crippen LogP contribution in [0.15, 0.2) is 17.1 Å². The van der Waals surface area contributed by atoms with Crippen molar-refractivity contribution in [2.75, 3.05) is 20.2 Å². The number of aromatic amines is 1. The number of hydrogen-bond donors (Lipinski definition) is 3. The number of H-pyrrole nitrogens is 1. The Balaban J connectivity index is 1.89. The number of pyridine rings is 1. The van der Waals surface area contributed by atoms with Crippen LogP contribution in [-0.2, 0) is 11.8 Å². The lowest BCUT2D eigenvalue weighted by atomic mass is 9.91. The number of aromatic nitrogens is 2. The van der Waals surface area contributed by atoms with E-state index in [1.54, 1.807) is 59.0 Å². The molecule has 0 saturated carbocycles. The van der Waals surface area contributed by atoms with Gasteiger partial charge in [-0.25, -0.2) is 4.39 Å². The number of carbonyl (C=O) groups is 2. The van der Waals surface area contributed by atoms with Crippen LogP contribution in [0, 0.1) is 5.82 Å². The molecule has 1 fully saturated rings. The molecule has 0 aromatic carbocycles. The van der Waals surface area contributed by atoms with Gasteiger partial charge in [0.05, 0.1) is 21.4 Å². The molecule has 1 aliphatic heterocycles. The zero-order valence-electron chi connectivity index (χ0n) is 21.9. The number of rotatable bonds is 8. The molecular weight excluding hydrogens is 499 g/mol. The van der Waals surface area contributed by atoms with Crippen molar-refractivity contribution in [3.05, 3.63) is 39.0 Å². The molecule has 3 aromatic heterocycles. The number of halogens is 1. The standard InChI is InChI=1S/C26H33FN4O5S/c1-7-28-24(33)17-10-15-16(11-30(5)25(34)20(15)29-17)23-21(36-12-14-8-9-18(32)31(14)6)19(27)22(37-23)13(2)26(3,4)35/h10-11,13-14,29,35H,7-9,12H2,1-6H3,(H,28,33). The van der Waals surface area contributed by atoms with Crippen LogP contribution >= 0.6 is 11.3 Å². The quantitative estimate of drug-likeness (QED) is 0.411. The molecule has 9 nitrogen and oxygen atoms in total. The van der Waals surface area contributed by atoms with Gasteiger partial charge >= 0.3 is 0 Å². The number of fused-ring (bicyclic) bond motifs is 1. The predicted molar refractivity (Wildman–Crippen MR) is 141 cm³/mol. The summed E-state index contributed by atoms with van der Waals surface area (Å²) < 4.78 is 23.4. The molecule has 2 amide bonds. The first-order valence-electron chi connectivity index (χ1n) is 12.3. The molecule has 4 heterocycles. The number of aryl methyl sites for hydroxylation is 1. The molecule has 0 radical (unpaired) electrons. The lowest BCUT2D eigenvalue weighted by Crippen LogP contribution is -2.33. The summed E-state index contributed by atoms with van der Waals surface area (Å²) in [6.07, 6.45) is 2.63. The van der Waals surface area contributed by atoms with Gasteiger partial charge in [-0.2, -0.15) is 0 Å². The number of nitrogens with one attached hydrogen (secondary N) is 2. The normalized spacial score (nSPS) is 17.0. The fourth-order valence-electron chi connectivity index (χ4n) is 4.45. The topological polar surface area (TPSA) is 117 Å². The first kappa shape index (κ1) is 26.9. The number of aliphatic hydroxyl groups is 1. The van der Waals surface area contributed by atoms with Crippen molar-refractivity contribution in [2.45, 2.75) is 58.1 Å². The highest BCUT2D eigenvalue weighted by Crippen LogP contribution is 2.48. The SMILES string of the molecule is CCNC(=O)c1cc2c(-c3sc(C(C)C(C)(C)O)c(F)c3OCC3CCC(=O)N3C)cn(C)c(=O)c2[nH]1. The summed E-state index contributed by atoms with van der Waals surface area (Å²) in [6, 6.07) is 1.40. The molecule has 11 heteroatoms. The number of likely N-dealkylation sites (tertiary alicyclic amines) is 1. The number of likely N-dealkylation sites (N-methyl/N-ethyl adjacent to an activating group) is 1. The number of thiophene rings is 1. The Kier molecular flexibility index (Phi) is 7.22. The van der Waals surface area contributed by atoms with Crippen LogP contribution in [0.2, 0.25) is 0 Å². The maximum Gasteiger partial charge on any atom is 0.274 e. The van der Waals surface area contributed by atoms with E-state index >= 15 is 4.39 Å². The van der Waals surface area contributed by atoms with Crippen LogP contribution in [0.5, 0.6) is 5.75 Å². The third kappa shape index (κ3) is 4.89. The third-order valence-corrected chi connectivity index (χ3v) is 8.49. The lowest BCUT2D eigenvalue weighted by molar-refractivity contribution is -0.127. The van der Waals surface area contributed by atoms with Gasteiger partial charge in [-0.3, -0.25) is 14.4 Å². The van der Waals surface area contributed by atoms with E-state index in [1.807, 2.05) is 0 Å². The Morgan fingerprint density at radius 1 is 1.38 bits per heavy atom. The molecule has 2 unspecified atom stereocenters. The summed E-state index contributed by atoms with van der Waals surface area (Å²) in [5.41, 5.74) is -0.564. The number of hydrogen-bond acceptors (Lipinski definition) is 6. The van der Waals surface area contributed by atoms with Crippen molar-refractivity contribution in [1.82, 2.24) is 19.8 Å². The molecule has 1 aliphatic rings. The molecule has 0 spiro atoms. The highest BCUT2D eigenvalue weighted by atomic mass is 32.1. The maximum absolute atomic E-state index is 16.0. The van der Waals surface area contributed by atoms with E-state index in [1.165, 1.54) is 4.57 Å². The Bertz CT molecular complexity index is 1420. The average molecular weight is 533 g/mol. The van der Waals surface area contributed by atoms with Crippen LogP contribution in [0.3, 0.4) is 0 Å². The smallest absolute Gasteiger partial charge is 0.274 e. The molecule has 4 rings (SSSR count). The Morgan fingerprint density at radius 2 is 2.08 bits per heavy atom. The molecule has 200 valence electrons. The van der Waals surface area contributed by atoms with Gasteiger partial charge in [0.1, 0.15) is 17.8 Å². The van der Waals surface area contributed by atoms with Gasteiger partial charge in [0.15, 0.2) is 11.6 Å². The molecule has 3 N–H and O–H groups in total. The summed E-state index contributed by atoms with van der Waals surface area (Å²) in [5.74, 6) is -1.47. The highest BCUT2D eigenvalue weighted by molar-refractivity contribution is 7.16. The molecule has 0 aliphatic carbocycles. The summed E-state index contributed by atoms with van der Waals surface area (Å²) in [5, 5.41) is 13.8. The highest BCUT2D eigenvalue weighted by Gasteiger charge is 2.34. The van der Waals surface area contributed by atoms with Crippen molar-refractivity contribution in [3.63, 3.8) is 0 Å². The van der Waals surface area contributed by atoms with Gasteiger partial charge in [-0.05, 0) is 33.3 Å². The Morgan fingerprint density at radius 3 is 2.68 bits per heavy atom. The second kappa shape index (κ2) is 9.94. The number of ether oxygens (including phenoxy) is 1. The number of nitrogens with zero attached hydrogens (tertiary/aromatic N) is 2. The van der Waals surface area contributed by atoms with Crippen LogP contribution < -0.4 is 15.6 Å². The van der Waals surface area contributed by atoms with E-state index < -0.39 is 17.3 Å². The fourth-order valence-corrected chi connectivity index (χ4v) is 5.83. The van der Waals surface area contributed by atoms with Crippen LogP contribution in [-0.4, -0.2) is 63.2 Å². The minimum Gasteiger partial charge on any atom is -0.487 e. The second-order valence-electron chi connectivity index (χ2n) is 10.1. The lowest BCUT2D eigenvalue weighted by Gasteiger charge is -2.24. The maximum atomic E-state index is 16.0. The summed E-state index contributed by atoms with van der Waals surface area (Å²) in [6.45, 7) is 7.29. The second-order valence-corrected chi connectivity index (χ2v) is 11.2. The monoisotopic (exact) mass is 532 g/mol. The minimum absolute atomic E-state index is 0.00422. The van der Waals surface area contributed by atoms with Gasteiger partial charge in [-0.15, -0.1) is 11.3 Å². The summed E-state index contributed by atoms with van der Waals surface area (Å²) in [4.78, 5) is 42.7. The Hall–Kier alpha value is -3.18. The molecule has 1 saturated heterocycles. The first-order chi connectivity index (χ1) is 17.3. The predicted octanol–water partition coefficient (Wildman–Crippen LogP) is 3.36. The van der Waals surface area contributed by atoms with E-state index in [2.05, 4.69) is 10.3 Å². The minimum atomic E-state index is -1.20. The van der Waals surface area contributed by atoms with Gasteiger partial charge < -0.3 is 29.6 Å². The molecule has 37 heavy (non-hydrogen) atoms. The van der Waals surface area contributed by atoms with Crippen LogP contribution in [0.25, 0.3) is 21.3 Å². The van der Waals surface area contributed by atoms with Gasteiger partial charge in [0, 0.05) is 50.1 Å². The van der Waals surface area contributed by atoms with E-state index in [0.717, 1.165) is 11.3 Å². The summed E-state index contributed by atoms with van der Waals surface area (Å²) in [7, 11) is 3.29. The third-order valence-electron chi connectivity index (χ3n) is 7.13. The molecule has 2 atom stereocenters. The van der Waals surface area contributed by atoms with Crippen molar-refractivity contribution < 1.29 is 23.8 Å². The molecule has 0 bridgehead atoms.